The summed E-state index contributed by atoms with van der Waals surface area (Å²) in [6, 6.07) is 10.4. The predicted octanol–water partition coefficient (Wildman–Crippen LogP) is 2.68. The zero-order chi connectivity index (χ0) is 13.0. The molecule has 2 N–H and O–H groups in total. The minimum atomic E-state index is 0.578. The van der Waals surface area contributed by atoms with Gasteiger partial charge in [-0.05, 0) is 37.9 Å². The highest BCUT2D eigenvalue weighted by atomic mass is 32.2. The molecule has 0 saturated carbocycles. The Morgan fingerprint density at radius 2 is 1.89 bits per heavy atom. The first-order valence-corrected chi connectivity index (χ1v) is 7.14. The van der Waals surface area contributed by atoms with Gasteiger partial charge in [-0.1, -0.05) is 12.1 Å². The molecule has 18 heavy (non-hydrogen) atoms. The van der Waals surface area contributed by atoms with E-state index < -0.39 is 0 Å². The smallest absolute Gasteiger partial charge is 0.130 e. The first kappa shape index (κ1) is 13.1. The highest BCUT2D eigenvalue weighted by Gasteiger charge is 2.04. The second kappa shape index (κ2) is 5.98. The second-order valence-corrected chi connectivity index (χ2v) is 4.96. The number of rotatable bonds is 4. The summed E-state index contributed by atoms with van der Waals surface area (Å²) in [5, 5.41) is 0. The number of nitrogens with two attached hydrogens (primary N) is 1. The molecule has 1 aromatic heterocycles. The quantitative estimate of drug-likeness (QED) is 0.858. The Hall–Kier alpha value is -1.39. The molecule has 0 amide bonds. The SMILES string of the molecule is CSc1ccc(-c2cc(C)nc(CCN)n2)cc1. The van der Waals surface area contributed by atoms with Gasteiger partial charge in [0.05, 0.1) is 5.69 Å². The van der Waals surface area contributed by atoms with Gasteiger partial charge in [0.25, 0.3) is 0 Å². The fourth-order valence-corrected chi connectivity index (χ4v) is 2.19. The third-order valence-corrected chi connectivity index (χ3v) is 3.40. The van der Waals surface area contributed by atoms with Crippen LogP contribution in [0, 0.1) is 6.92 Å². The topological polar surface area (TPSA) is 51.8 Å². The number of aromatic nitrogens is 2. The maximum absolute atomic E-state index is 5.55. The van der Waals surface area contributed by atoms with E-state index in [1.165, 1.54) is 4.90 Å². The van der Waals surface area contributed by atoms with Crippen molar-refractivity contribution in [2.45, 2.75) is 18.2 Å². The lowest BCUT2D eigenvalue weighted by molar-refractivity contribution is 0.858. The lowest BCUT2D eigenvalue weighted by Crippen LogP contribution is -2.07. The number of hydrogen-bond donors (Lipinski definition) is 1. The molecular weight excluding hydrogens is 242 g/mol. The molecule has 3 nitrogen and oxygen atoms in total. The first-order valence-electron chi connectivity index (χ1n) is 5.92. The minimum Gasteiger partial charge on any atom is -0.330 e. The van der Waals surface area contributed by atoms with Crippen molar-refractivity contribution in [3.8, 4) is 11.3 Å². The van der Waals surface area contributed by atoms with E-state index in [-0.39, 0.29) is 0 Å². The summed E-state index contributed by atoms with van der Waals surface area (Å²) < 4.78 is 0. The van der Waals surface area contributed by atoms with E-state index in [0.29, 0.717) is 6.54 Å². The Morgan fingerprint density at radius 1 is 1.17 bits per heavy atom. The van der Waals surface area contributed by atoms with Crippen LogP contribution < -0.4 is 5.73 Å². The highest BCUT2D eigenvalue weighted by Crippen LogP contribution is 2.22. The van der Waals surface area contributed by atoms with Gasteiger partial charge in [-0.2, -0.15) is 0 Å². The molecule has 4 heteroatoms. The first-order chi connectivity index (χ1) is 8.72. The van der Waals surface area contributed by atoms with Gasteiger partial charge in [0.1, 0.15) is 5.82 Å². The monoisotopic (exact) mass is 259 g/mol. The van der Waals surface area contributed by atoms with E-state index in [2.05, 4.69) is 40.5 Å². The average Bonchev–Trinajstić information content (AvgIpc) is 2.38. The molecule has 1 heterocycles. The van der Waals surface area contributed by atoms with E-state index in [1.54, 1.807) is 11.8 Å². The number of benzene rings is 1. The maximum atomic E-state index is 5.55. The van der Waals surface area contributed by atoms with Gasteiger partial charge in [0, 0.05) is 22.6 Å². The van der Waals surface area contributed by atoms with Gasteiger partial charge < -0.3 is 5.73 Å². The standard InChI is InChI=1S/C14H17N3S/c1-10-9-13(17-14(16-10)7-8-15)11-3-5-12(18-2)6-4-11/h3-6,9H,7-8,15H2,1-2H3. The van der Waals surface area contributed by atoms with E-state index in [4.69, 9.17) is 5.73 Å². The van der Waals surface area contributed by atoms with Crippen LogP contribution in [-0.2, 0) is 6.42 Å². The van der Waals surface area contributed by atoms with Crippen molar-refractivity contribution in [3.05, 3.63) is 41.9 Å². The summed E-state index contributed by atoms with van der Waals surface area (Å²) in [6.07, 6.45) is 2.79. The summed E-state index contributed by atoms with van der Waals surface area (Å²) in [7, 11) is 0. The number of nitrogens with zero attached hydrogens (tertiary/aromatic N) is 2. The third kappa shape index (κ3) is 3.09. The fraction of sp³-hybridized carbons (Fsp3) is 0.286. The molecule has 0 unspecified atom stereocenters. The Balaban J connectivity index is 2.36. The second-order valence-electron chi connectivity index (χ2n) is 4.08. The van der Waals surface area contributed by atoms with E-state index in [9.17, 15) is 0 Å². The number of aryl methyl sites for hydroxylation is 1. The molecule has 94 valence electrons. The molecule has 0 spiro atoms. The summed E-state index contributed by atoms with van der Waals surface area (Å²) in [5.74, 6) is 0.821. The highest BCUT2D eigenvalue weighted by molar-refractivity contribution is 7.98. The van der Waals surface area contributed by atoms with Gasteiger partial charge in [-0.3, -0.25) is 0 Å². The molecule has 0 aliphatic rings. The van der Waals surface area contributed by atoms with Crippen LogP contribution in [0.2, 0.25) is 0 Å². The van der Waals surface area contributed by atoms with Crippen molar-refractivity contribution in [2.24, 2.45) is 5.73 Å². The molecule has 0 saturated heterocycles. The normalized spacial score (nSPS) is 10.6. The molecular formula is C14H17N3S. The van der Waals surface area contributed by atoms with Crippen LogP contribution in [0.5, 0.6) is 0 Å². The molecule has 0 fully saturated rings. The maximum Gasteiger partial charge on any atom is 0.130 e. The van der Waals surface area contributed by atoms with Gasteiger partial charge in [-0.15, -0.1) is 11.8 Å². The van der Waals surface area contributed by atoms with Crippen molar-refractivity contribution in [1.82, 2.24) is 9.97 Å². The summed E-state index contributed by atoms with van der Waals surface area (Å²) in [6.45, 7) is 2.57. The Bertz CT molecular complexity index is 523. The van der Waals surface area contributed by atoms with Crippen LogP contribution in [0.4, 0.5) is 0 Å². The number of hydrogen-bond acceptors (Lipinski definition) is 4. The van der Waals surface area contributed by atoms with Crippen LogP contribution in [0.25, 0.3) is 11.3 Å². The van der Waals surface area contributed by atoms with Crippen LogP contribution >= 0.6 is 11.8 Å². The average molecular weight is 259 g/mol. The Labute approximate surface area is 112 Å². The fourth-order valence-electron chi connectivity index (χ4n) is 1.78. The van der Waals surface area contributed by atoms with Gasteiger partial charge in [-0.25, -0.2) is 9.97 Å². The predicted molar refractivity (Wildman–Crippen MR) is 76.7 cm³/mol. The molecule has 2 aromatic rings. The van der Waals surface area contributed by atoms with Crippen molar-refractivity contribution in [1.29, 1.82) is 0 Å². The molecule has 0 atom stereocenters. The van der Waals surface area contributed by atoms with Crippen LogP contribution in [0.3, 0.4) is 0 Å². The van der Waals surface area contributed by atoms with Crippen molar-refractivity contribution in [2.75, 3.05) is 12.8 Å². The summed E-state index contributed by atoms with van der Waals surface area (Å²) >= 11 is 1.74. The third-order valence-electron chi connectivity index (χ3n) is 2.65. The van der Waals surface area contributed by atoms with Crippen LogP contribution in [0.15, 0.2) is 35.2 Å². The largest absolute Gasteiger partial charge is 0.330 e. The van der Waals surface area contributed by atoms with Crippen LogP contribution in [-0.4, -0.2) is 22.8 Å². The van der Waals surface area contributed by atoms with Gasteiger partial charge >= 0.3 is 0 Å². The lowest BCUT2D eigenvalue weighted by atomic mass is 10.1. The minimum absolute atomic E-state index is 0.578. The zero-order valence-corrected chi connectivity index (χ0v) is 11.5. The summed E-state index contributed by atoms with van der Waals surface area (Å²) in [4.78, 5) is 10.2. The Morgan fingerprint density at radius 3 is 2.50 bits per heavy atom. The van der Waals surface area contributed by atoms with Crippen LogP contribution in [0.1, 0.15) is 11.5 Å². The number of thioether (sulfide) groups is 1. The van der Waals surface area contributed by atoms with E-state index in [1.807, 2.05) is 13.0 Å². The molecule has 0 bridgehead atoms. The van der Waals surface area contributed by atoms with Crippen molar-refractivity contribution in [3.63, 3.8) is 0 Å². The van der Waals surface area contributed by atoms with E-state index in [0.717, 1.165) is 29.2 Å². The lowest BCUT2D eigenvalue weighted by Gasteiger charge is -2.06. The van der Waals surface area contributed by atoms with Crippen molar-refractivity contribution < 1.29 is 0 Å². The molecule has 0 aliphatic carbocycles. The Kier molecular flexibility index (Phi) is 4.33. The molecule has 0 aliphatic heterocycles. The van der Waals surface area contributed by atoms with Gasteiger partial charge in [0.15, 0.2) is 0 Å². The zero-order valence-electron chi connectivity index (χ0n) is 10.7. The van der Waals surface area contributed by atoms with E-state index >= 15 is 0 Å². The van der Waals surface area contributed by atoms with Gasteiger partial charge in [0.2, 0.25) is 0 Å². The summed E-state index contributed by atoms with van der Waals surface area (Å²) in [5.41, 5.74) is 8.63. The molecule has 2 rings (SSSR count). The van der Waals surface area contributed by atoms with Crippen molar-refractivity contribution >= 4 is 11.8 Å². The molecule has 0 radical (unpaired) electrons. The molecule has 1 aromatic carbocycles.